The number of carbonyl (C=O) groups excluding carboxylic acids is 1. The van der Waals surface area contributed by atoms with E-state index >= 15 is 0 Å². The molecule has 5 heteroatoms. The maximum Gasteiger partial charge on any atom is 0.258 e. The number of pyridine rings is 1. The Balaban J connectivity index is 2.28. The molecule has 0 fully saturated rings. The molecule has 0 radical (unpaired) electrons. The summed E-state index contributed by atoms with van der Waals surface area (Å²) in [6, 6.07) is 7.22. The highest BCUT2D eigenvalue weighted by Gasteiger charge is 2.12. The number of halogens is 1. The van der Waals surface area contributed by atoms with Crippen LogP contribution >= 0.6 is 0 Å². The molecule has 1 N–H and O–H groups in total. The Morgan fingerprint density at radius 2 is 2.05 bits per heavy atom. The average molecular weight is 274 g/mol. The lowest BCUT2D eigenvalue weighted by molar-refractivity contribution is 0.102. The minimum Gasteiger partial charge on any atom is -0.321 e. The number of nitrogens with zero attached hydrogens (tertiary/aromatic N) is 1. The summed E-state index contributed by atoms with van der Waals surface area (Å²) in [7, 11) is 0. The monoisotopic (exact) mass is 274 g/mol. The van der Waals surface area contributed by atoms with Crippen molar-refractivity contribution < 1.29 is 9.18 Å². The van der Waals surface area contributed by atoms with Crippen molar-refractivity contribution in [2.45, 2.75) is 20.4 Å². The summed E-state index contributed by atoms with van der Waals surface area (Å²) in [4.78, 5) is 23.5. The first-order valence-electron chi connectivity index (χ1n) is 6.29. The first-order valence-corrected chi connectivity index (χ1v) is 6.29. The Morgan fingerprint density at radius 1 is 1.30 bits per heavy atom. The zero-order chi connectivity index (χ0) is 14.7. The van der Waals surface area contributed by atoms with E-state index in [1.807, 2.05) is 6.92 Å². The summed E-state index contributed by atoms with van der Waals surface area (Å²) in [5.41, 5.74) is 1.10. The minimum atomic E-state index is -0.572. The Labute approximate surface area is 115 Å². The van der Waals surface area contributed by atoms with Crippen LogP contribution in [0.3, 0.4) is 0 Å². The molecule has 0 spiro atoms. The molecular formula is C15H15FN2O2. The van der Waals surface area contributed by atoms with Crippen LogP contribution in [-0.4, -0.2) is 10.5 Å². The fourth-order valence-corrected chi connectivity index (χ4v) is 1.86. The highest BCUT2D eigenvalue weighted by atomic mass is 19.1. The number of anilines is 1. The molecule has 0 saturated heterocycles. The third kappa shape index (κ3) is 2.93. The van der Waals surface area contributed by atoms with Gasteiger partial charge in [0.15, 0.2) is 0 Å². The molecule has 4 nitrogen and oxygen atoms in total. The normalized spacial score (nSPS) is 10.3. The molecule has 1 aromatic carbocycles. The first-order chi connectivity index (χ1) is 9.51. The molecule has 2 rings (SSSR count). The molecule has 0 unspecified atom stereocenters. The smallest absolute Gasteiger partial charge is 0.258 e. The number of hydrogen-bond donors (Lipinski definition) is 1. The molecule has 0 atom stereocenters. The van der Waals surface area contributed by atoms with Crippen LogP contribution in [0.1, 0.15) is 22.8 Å². The van der Waals surface area contributed by atoms with Crippen LogP contribution in [-0.2, 0) is 6.54 Å². The zero-order valence-corrected chi connectivity index (χ0v) is 11.3. The first kappa shape index (κ1) is 14.0. The van der Waals surface area contributed by atoms with Crippen molar-refractivity contribution in [2.75, 3.05) is 5.32 Å². The number of rotatable bonds is 3. The predicted octanol–water partition coefficient (Wildman–Crippen LogP) is 2.57. The van der Waals surface area contributed by atoms with Gasteiger partial charge in [-0.2, -0.15) is 0 Å². The van der Waals surface area contributed by atoms with E-state index in [2.05, 4.69) is 5.32 Å². The summed E-state index contributed by atoms with van der Waals surface area (Å²) in [5, 5.41) is 2.59. The van der Waals surface area contributed by atoms with Crippen molar-refractivity contribution in [1.82, 2.24) is 4.57 Å². The SMILES string of the molecule is CCn1cc(NC(=O)c2cc(C)ccc2F)ccc1=O. The summed E-state index contributed by atoms with van der Waals surface area (Å²) in [6.07, 6.45) is 1.54. The van der Waals surface area contributed by atoms with E-state index in [0.29, 0.717) is 12.2 Å². The van der Waals surface area contributed by atoms with Gasteiger partial charge >= 0.3 is 0 Å². The maximum absolute atomic E-state index is 13.6. The van der Waals surface area contributed by atoms with E-state index in [1.54, 1.807) is 13.0 Å². The fraction of sp³-hybridized carbons (Fsp3) is 0.200. The second kappa shape index (κ2) is 5.69. The number of nitrogens with one attached hydrogen (secondary N) is 1. The van der Waals surface area contributed by atoms with Gasteiger partial charge in [0.2, 0.25) is 0 Å². The average Bonchev–Trinajstić information content (AvgIpc) is 2.43. The summed E-state index contributed by atoms with van der Waals surface area (Å²) in [6.45, 7) is 4.11. The molecule has 104 valence electrons. The molecule has 2 aromatic rings. The lowest BCUT2D eigenvalue weighted by atomic mass is 10.1. The summed E-state index contributed by atoms with van der Waals surface area (Å²) >= 11 is 0. The summed E-state index contributed by atoms with van der Waals surface area (Å²) < 4.78 is 15.1. The highest BCUT2D eigenvalue weighted by Crippen LogP contribution is 2.13. The fourth-order valence-electron chi connectivity index (χ4n) is 1.86. The number of aryl methyl sites for hydroxylation is 2. The predicted molar refractivity (Wildman–Crippen MR) is 75.5 cm³/mol. The number of carbonyl (C=O) groups is 1. The second-order valence-electron chi connectivity index (χ2n) is 4.48. The Kier molecular flexibility index (Phi) is 3.98. The second-order valence-corrected chi connectivity index (χ2v) is 4.48. The van der Waals surface area contributed by atoms with Crippen molar-refractivity contribution in [2.24, 2.45) is 0 Å². The number of amides is 1. The van der Waals surface area contributed by atoms with E-state index in [4.69, 9.17) is 0 Å². The van der Waals surface area contributed by atoms with Gasteiger partial charge in [-0.15, -0.1) is 0 Å². The molecule has 20 heavy (non-hydrogen) atoms. The minimum absolute atomic E-state index is 0.0146. The van der Waals surface area contributed by atoms with Crippen molar-refractivity contribution in [3.05, 3.63) is 63.8 Å². The molecule has 1 amide bonds. The van der Waals surface area contributed by atoms with E-state index in [1.165, 1.54) is 35.0 Å². The van der Waals surface area contributed by atoms with Gasteiger partial charge in [-0.25, -0.2) is 4.39 Å². The summed E-state index contributed by atoms with van der Waals surface area (Å²) in [5.74, 6) is -1.11. The van der Waals surface area contributed by atoms with Gasteiger partial charge in [0.05, 0.1) is 11.3 Å². The van der Waals surface area contributed by atoms with Crippen LogP contribution in [0.4, 0.5) is 10.1 Å². The van der Waals surface area contributed by atoms with Gasteiger partial charge in [0, 0.05) is 18.8 Å². The van der Waals surface area contributed by atoms with Gasteiger partial charge in [0.1, 0.15) is 5.82 Å². The van der Waals surface area contributed by atoms with E-state index in [-0.39, 0.29) is 11.1 Å². The number of hydrogen-bond acceptors (Lipinski definition) is 2. The van der Waals surface area contributed by atoms with E-state index < -0.39 is 11.7 Å². The molecule has 1 aromatic heterocycles. The van der Waals surface area contributed by atoms with Gasteiger partial charge in [0.25, 0.3) is 11.5 Å². The van der Waals surface area contributed by atoms with Crippen molar-refractivity contribution in [3.63, 3.8) is 0 Å². The highest BCUT2D eigenvalue weighted by molar-refractivity contribution is 6.04. The van der Waals surface area contributed by atoms with Crippen LogP contribution in [0.2, 0.25) is 0 Å². The standard InChI is InChI=1S/C15H15FN2O2/c1-3-18-9-11(5-7-14(18)19)17-15(20)12-8-10(2)4-6-13(12)16/h4-9H,3H2,1-2H3,(H,17,20). The maximum atomic E-state index is 13.6. The quantitative estimate of drug-likeness (QED) is 0.935. The van der Waals surface area contributed by atoms with Gasteiger partial charge in [-0.1, -0.05) is 11.6 Å². The Morgan fingerprint density at radius 3 is 2.75 bits per heavy atom. The molecule has 0 aliphatic heterocycles. The molecule has 1 heterocycles. The van der Waals surface area contributed by atoms with Crippen molar-refractivity contribution >= 4 is 11.6 Å². The Bertz CT molecular complexity index is 707. The van der Waals surface area contributed by atoms with Crippen molar-refractivity contribution in [1.29, 1.82) is 0 Å². The van der Waals surface area contributed by atoms with E-state index in [9.17, 15) is 14.0 Å². The zero-order valence-electron chi connectivity index (χ0n) is 11.3. The molecule has 0 saturated carbocycles. The van der Waals surface area contributed by atoms with Gasteiger partial charge in [-0.3, -0.25) is 9.59 Å². The number of benzene rings is 1. The lowest BCUT2D eigenvalue weighted by Crippen LogP contribution is -2.20. The van der Waals surface area contributed by atoms with Crippen molar-refractivity contribution in [3.8, 4) is 0 Å². The molecule has 0 bridgehead atoms. The Hall–Kier alpha value is -2.43. The van der Waals surface area contributed by atoms with Crippen LogP contribution < -0.4 is 10.9 Å². The van der Waals surface area contributed by atoms with Crippen LogP contribution in [0.25, 0.3) is 0 Å². The van der Waals surface area contributed by atoms with E-state index in [0.717, 1.165) is 5.56 Å². The van der Waals surface area contributed by atoms with Crippen LogP contribution in [0, 0.1) is 12.7 Å². The number of aromatic nitrogens is 1. The van der Waals surface area contributed by atoms with Crippen LogP contribution in [0.15, 0.2) is 41.3 Å². The van der Waals surface area contributed by atoms with Gasteiger partial charge < -0.3 is 9.88 Å². The molecular weight excluding hydrogens is 259 g/mol. The largest absolute Gasteiger partial charge is 0.321 e. The van der Waals surface area contributed by atoms with Gasteiger partial charge in [-0.05, 0) is 32.0 Å². The third-order valence-corrected chi connectivity index (χ3v) is 2.95. The molecule has 0 aliphatic carbocycles. The third-order valence-electron chi connectivity index (χ3n) is 2.95. The topological polar surface area (TPSA) is 51.1 Å². The lowest BCUT2D eigenvalue weighted by Gasteiger charge is -2.09. The van der Waals surface area contributed by atoms with Crippen LogP contribution in [0.5, 0.6) is 0 Å². The molecule has 0 aliphatic rings.